The first kappa shape index (κ1) is 17.8. The van der Waals surface area contributed by atoms with Crippen LogP contribution >= 0.6 is 0 Å². The Hall–Kier alpha value is -1.51. The zero-order valence-corrected chi connectivity index (χ0v) is 13.5. The SMILES string of the molecule is CO[C@@H]1OC(C(=O)N(C)Cc2ccccc2)[C@H](OC)[C@H](O)[C@@H]1O. The summed E-state index contributed by atoms with van der Waals surface area (Å²) in [5.41, 5.74) is 0.969. The van der Waals surface area contributed by atoms with E-state index in [0.717, 1.165) is 5.56 Å². The van der Waals surface area contributed by atoms with Gasteiger partial charge in [0.1, 0.15) is 18.3 Å². The molecule has 1 fully saturated rings. The topological polar surface area (TPSA) is 88.5 Å². The van der Waals surface area contributed by atoms with Crippen molar-refractivity contribution in [1.29, 1.82) is 0 Å². The Morgan fingerprint density at radius 3 is 2.39 bits per heavy atom. The van der Waals surface area contributed by atoms with E-state index in [2.05, 4.69) is 0 Å². The molecule has 7 heteroatoms. The quantitative estimate of drug-likeness (QED) is 0.776. The van der Waals surface area contributed by atoms with Gasteiger partial charge in [-0.3, -0.25) is 4.79 Å². The maximum Gasteiger partial charge on any atom is 0.254 e. The molecule has 2 N–H and O–H groups in total. The molecule has 0 aromatic heterocycles. The van der Waals surface area contributed by atoms with Crippen molar-refractivity contribution in [2.24, 2.45) is 0 Å². The molecular formula is C16H23NO6. The molecule has 7 nitrogen and oxygen atoms in total. The van der Waals surface area contributed by atoms with Crippen LogP contribution in [0.5, 0.6) is 0 Å². The molecule has 1 saturated heterocycles. The highest BCUT2D eigenvalue weighted by molar-refractivity contribution is 5.81. The standard InChI is InChI=1S/C16H23NO6/c1-17(9-10-7-5-4-6-8-10)15(20)14-13(21-2)11(18)12(19)16(22-3)23-14/h4-8,11-14,16,18-19H,9H2,1-3H3/t11-,12+,13-,14?,16-/m1/s1. The predicted molar refractivity (Wildman–Crippen MR) is 81.4 cm³/mol. The zero-order valence-electron chi connectivity index (χ0n) is 13.5. The van der Waals surface area contributed by atoms with Gasteiger partial charge in [0, 0.05) is 27.8 Å². The summed E-state index contributed by atoms with van der Waals surface area (Å²) in [6.45, 7) is 0.395. The van der Waals surface area contributed by atoms with Crippen molar-refractivity contribution in [3.8, 4) is 0 Å². The second-order valence-electron chi connectivity index (χ2n) is 5.52. The van der Waals surface area contributed by atoms with Gasteiger partial charge in [-0.05, 0) is 5.56 Å². The van der Waals surface area contributed by atoms with Crippen LogP contribution in [-0.2, 0) is 25.5 Å². The average molecular weight is 325 g/mol. The summed E-state index contributed by atoms with van der Waals surface area (Å²) in [6, 6.07) is 9.51. The van der Waals surface area contributed by atoms with Crippen LogP contribution in [0.4, 0.5) is 0 Å². The molecule has 2 rings (SSSR count). The number of nitrogens with zero attached hydrogens (tertiary/aromatic N) is 1. The molecule has 0 bridgehead atoms. The minimum Gasteiger partial charge on any atom is -0.387 e. The number of amides is 1. The molecule has 1 amide bonds. The van der Waals surface area contributed by atoms with E-state index in [4.69, 9.17) is 14.2 Å². The van der Waals surface area contributed by atoms with Crippen molar-refractivity contribution in [3.63, 3.8) is 0 Å². The Kier molecular flexibility index (Phi) is 6.09. The lowest BCUT2D eigenvalue weighted by atomic mass is 9.97. The molecule has 0 aliphatic carbocycles. The predicted octanol–water partition coefficient (Wildman–Crippen LogP) is -0.247. The number of hydrogen-bond acceptors (Lipinski definition) is 6. The number of carbonyl (C=O) groups is 1. The number of ether oxygens (including phenoxy) is 3. The third-order valence-electron chi connectivity index (χ3n) is 3.93. The van der Waals surface area contributed by atoms with Crippen LogP contribution in [0.2, 0.25) is 0 Å². The van der Waals surface area contributed by atoms with Gasteiger partial charge in [0.15, 0.2) is 12.4 Å². The van der Waals surface area contributed by atoms with E-state index >= 15 is 0 Å². The molecule has 0 spiro atoms. The molecule has 0 saturated carbocycles. The fourth-order valence-corrected chi connectivity index (χ4v) is 2.65. The second kappa shape index (κ2) is 7.85. The van der Waals surface area contributed by atoms with Crippen LogP contribution < -0.4 is 0 Å². The lowest BCUT2D eigenvalue weighted by molar-refractivity contribution is -0.289. The molecule has 1 aliphatic heterocycles. The number of hydrogen-bond donors (Lipinski definition) is 2. The minimum absolute atomic E-state index is 0.353. The Labute approximate surface area is 135 Å². The van der Waals surface area contributed by atoms with E-state index in [9.17, 15) is 15.0 Å². The summed E-state index contributed by atoms with van der Waals surface area (Å²) in [4.78, 5) is 14.1. The number of likely N-dealkylation sites (N-methyl/N-ethyl adjacent to an activating group) is 1. The van der Waals surface area contributed by atoms with E-state index in [1.807, 2.05) is 30.3 Å². The van der Waals surface area contributed by atoms with Crippen molar-refractivity contribution in [1.82, 2.24) is 4.90 Å². The molecule has 1 aromatic rings. The summed E-state index contributed by atoms with van der Waals surface area (Å²) in [5, 5.41) is 20.0. The third kappa shape index (κ3) is 3.88. The fraction of sp³-hybridized carbons (Fsp3) is 0.562. The van der Waals surface area contributed by atoms with Crippen molar-refractivity contribution in [2.45, 2.75) is 37.3 Å². The first-order chi connectivity index (χ1) is 11.0. The van der Waals surface area contributed by atoms with Crippen molar-refractivity contribution in [3.05, 3.63) is 35.9 Å². The van der Waals surface area contributed by atoms with Gasteiger partial charge in [-0.1, -0.05) is 30.3 Å². The number of rotatable bonds is 5. The van der Waals surface area contributed by atoms with Crippen molar-refractivity contribution >= 4 is 5.91 Å². The summed E-state index contributed by atoms with van der Waals surface area (Å²) in [6.07, 6.45) is -5.68. The van der Waals surface area contributed by atoms with E-state index < -0.39 is 30.7 Å². The van der Waals surface area contributed by atoms with Gasteiger partial charge in [-0.25, -0.2) is 0 Å². The number of carbonyl (C=O) groups excluding carboxylic acids is 1. The Balaban J connectivity index is 2.11. The molecule has 0 radical (unpaired) electrons. The zero-order chi connectivity index (χ0) is 17.0. The first-order valence-corrected chi connectivity index (χ1v) is 7.35. The van der Waals surface area contributed by atoms with Crippen LogP contribution in [0.1, 0.15) is 5.56 Å². The molecule has 1 unspecified atom stereocenters. The van der Waals surface area contributed by atoms with Gasteiger partial charge in [0.2, 0.25) is 0 Å². The average Bonchev–Trinajstić information content (AvgIpc) is 2.57. The second-order valence-corrected chi connectivity index (χ2v) is 5.52. The molecule has 1 aromatic carbocycles. The number of methoxy groups -OCH3 is 2. The van der Waals surface area contributed by atoms with Gasteiger partial charge in [0.05, 0.1) is 0 Å². The van der Waals surface area contributed by atoms with Crippen molar-refractivity contribution in [2.75, 3.05) is 21.3 Å². The van der Waals surface area contributed by atoms with Crippen LogP contribution in [0.25, 0.3) is 0 Å². The van der Waals surface area contributed by atoms with Gasteiger partial charge in [-0.15, -0.1) is 0 Å². The van der Waals surface area contributed by atoms with E-state index in [1.54, 1.807) is 7.05 Å². The summed E-state index contributed by atoms with van der Waals surface area (Å²) >= 11 is 0. The van der Waals surface area contributed by atoms with E-state index in [-0.39, 0.29) is 5.91 Å². The summed E-state index contributed by atoms with van der Waals surface area (Å²) in [5.74, 6) is -0.353. The molecule has 1 aliphatic rings. The molecule has 23 heavy (non-hydrogen) atoms. The fourth-order valence-electron chi connectivity index (χ4n) is 2.65. The van der Waals surface area contributed by atoms with Gasteiger partial charge in [0.25, 0.3) is 5.91 Å². The Morgan fingerprint density at radius 2 is 1.83 bits per heavy atom. The Morgan fingerprint density at radius 1 is 1.17 bits per heavy atom. The van der Waals surface area contributed by atoms with Gasteiger partial charge < -0.3 is 29.3 Å². The van der Waals surface area contributed by atoms with Gasteiger partial charge >= 0.3 is 0 Å². The van der Waals surface area contributed by atoms with Crippen LogP contribution in [-0.4, -0.2) is 73.0 Å². The third-order valence-corrected chi connectivity index (χ3v) is 3.93. The monoisotopic (exact) mass is 325 g/mol. The lowest BCUT2D eigenvalue weighted by Crippen LogP contribution is -2.62. The highest BCUT2D eigenvalue weighted by atomic mass is 16.7. The van der Waals surface area contributed by atoms with Crippen LogP contribution in [0.3, 0.4) is 0 Å². The molecule has 1 heterocycles. The number of aliphatic hydroxyl groups excluding tert-OH is 2. The highest BCUT2D eigenvalue weighted by Crippen LogP contribution is 2.25. The lowest BCUT2D eigenvalue weighted by Gasteiger charge is -2.41. The largest absolute Gasteiger partial charge is 0.387 e. The Bertz CT molecular complexity index is 511. The van der Waals surface area contributed by atoms with Crippen LogP contribution in [0, 0.1) is 0 Å². The highest BCUT2D eigenvalue weighted by Gasteiger charge is 2.48. The molecule has 5 atom stereocenters. The van der Waals surface area contributed by atoms with E-state index in [0.29, 0.717) is 6.54 Å². The van der Waals surface area contributed by atoms with Gasteiger partial charge in [-0.2, -0.15) is 0 Å². The first-order valence-electron chi connectivity index (χ1n) is 7.35. The smallest absolute Gasteiger partial charge is 0.254 e. The minimum atomic E-state index is -1.28. The number of aliphatic hydroxyl groups is 2. The molecule has 128 valence electrons. The summed E-state index contributed by atoms with van der Waals surface area (Å²) < 4.78 is 15.6. The number of benzene rings is 1. The maximum atomic E-state index is 12.7. The maximum absolute atomic E-state index is 12.7. The van der Waals surface area contributed by atoms with Crippen LogP contribution in [0.15, 0.2) is 30.3 Å². The summed E-state index contributed by atoms with van der Waals surface area (Å²) in [7, 11) is 4.34. The normalized spacial score (nSPS) is 30.9. The molecular weight excluding hydrogens is 302 g/mol. The van der Waals surface area contributed by atoms with E-state index in [1.165, 1.54) is 19.1 Å². The van der Waals surface area contributed by atoms with Crippen molar-refractivity contribution < 1.29 is 29.2 Å².